The Bertz CT molecular complexity index is 3340. The number of anilines is 3. The van der Waals surface area contributed by atoms with Gasteiger partial charge >= 0.3 is 0 Å². The predicted molar refractivity (Wildman–Crippen MR) is 343 cm³/mol. The molecule has 0 aliphatic heterocycles. The zero-order chi connectivity index (χ0) is 56.4. The van der Waals surface area contributed by atoms with Crippen LogP contribution >= 0.6 is 0 Å². The van der Waals surface area contributed by atoms with Crippen LogP contribution in [0.2, 0.25) is 0 Å². The van der Waals surface area contributed by atoms with Gasteiger partial charge in [0.25, 0.3) is 0 Å². The first-order valence-electron chi connectivity index (χ1n) is 28.8. The van der Waals surface area contributed by atoms with E-state index in [4.69, 9.17) is 0 Å². The molecule has 8 aromatic carbocycles. The van der Waals surface area contributed by atoms with Crippen molar-refractivity contribution >= 4 is 40.2 Å². The first kappa shape index (κ1) is 57.3. The Kier molecular flexibility index (Phi) is 16.8. The first-order valence-corrected chi connectivity index (χ1v) is 28.8. The van der Waals surface area contributed by atoms with Crippen LogP contribution < -0.4 is 21.3 Å². The van der Waals surface area contributed by atoms with Crippen molar-refractivity contribution in [1.82, 2.24) is 0 Å². The lowest BCUT2D eigenvalue weighted by atomic mass is 9.33. The summed E-state index contributed by atoms with van der Waals surface area (Å²) in [6.07, 6.45) is 8.75. The Morgan fingerprint density at radius 2 is 0.897 bits per heavy atom. The molecule has 0 amide bonds. The third kappa shape index (κ3) is 12.0. The third-order valence-corrected chi connectivity index (χ3v) is 17.2. The van der Waals surface area contributed by atoms with E-state index >= 15 is 0 Å². The number of hydrogen-bond acceptors (Lipinski definition) is 1. The standard InChI is InChI=1S/C76H88BN/c1-18-20-29-58(19-2)74(12,13)65-45-41-57(48-56-39-43-61(44-40-56)75(14,15)59-30-23-21-24-31-59)70(52-65)77(69-51-64(42-38-53(69)3)76(16,17)60-32-25-22-26-33-60)71-54(4)46-68(47-55(71)5)78(66-36-27-34-62(49-66)72(6,7)8)67-37-28-35-63(50-67)73(9,10)11/h19-47,49-52H,18,48H2,1-17H3/b29-20-,58-19+. The van der Waals surface area contributed by atoms with Gasteiger partial charge in [-0.3, -0.25) is 0 Å². The van der Waals surface area contributed by atoms with Crippen molar-refractivity contribution in [3.05, 3.63) is 273 Å². The molecule has 78 heavy (non-hydrogen) atoms. The van der Waals surface area contributed by atoms with Crippen molar-refractivity contribution < 1.29 is 0 Å². The van der Waals surface area contributed by atoms with E-state index in [0.717, 1.165) is 29.9 Å². The van der Waals surface area contributed by atoms with Crippen molar-refractivity contribution in [3.8, 4) is 0 Å². The number of allylic oxidation sites excluding steroid dienone is 4. The number of rotatable bonds is 16. The fourth-order valence-electron chi connectivity index (χ4n) is 11.8. The summed E-state index contributed by atoms with van der Waals surface area (Å²) in [5, 5.41) is 0. The van der Waals surface area contributed by atoms with Gasteiger partial charge in [-0.2, -0.15) is 0 Å². The molecule has 0 aliphatic rings. The minimum absolute atomic E-state index is 0.0130. The highest BCUT2D eigenvalue weighted by atomic mass is 15.1. The van der Waals surface area contributed by atoms with Crippen LogP contribution in [0.3, 0.4) is 0 Å². The molecule has 2 heteroatoms. The van der Waals surface area contributed by atoms with Crippen LogP contribution in [-0.2, 0) is 33.5 Å². The molecule has 0 atom stereocenters. The van der Waals surface area contributed by atoms with Gasteiger partial charge in [0.2, 0.25) is 6.71 Å². The molecule has 8 rings (SSSR count). The Hall–Kier alpha value is -6.90. The van der Waals surface area contributed by atoms with E-state index in [1.165, 1.54) is 88.7 Å². The first-order chi connectivity index (χ1) is 36.9. The number of hydrogen-bond donors (Lipinski definition) is 0. The average Bonchev–Trinajstić information content (AvgIpc) is 3.47. The van der Waals surface area contributed by atoms with Crippen LogP contribution in [0, 0.1) is 20.8 Å². The summed E-state index contributed by atoms with van der Waals surface area (Å²) >= 11 is 0. The van der Waals surface area contributed by atoms with Crippen molar-refractivity contribution in [1.29, 1.82) is 0 Å². The monoisotopic (exact) mass is 1030 g/mol. The van der Waals surface area contributed by atoms with Crippen LogP contribution in [0.4, 0.5) is 17.1 Å². The van der Waals surface area contributed by atoms with Gasteiger partial charge in [-0.05, 0) is 143 Å². The minimum atomic E-state index is -0.257. The maximum Gasteiger partial charge on any atom is 0.242 e. The van der Waals surface area contributed by atoms with Gasteiger partial charge in [0.1, 0.15) is 0 Å². The smallest absolute Gasteiger partial charge is 0.242 e. The molecule has 0 saturated heterocycles. The fourth-order valence-corrected chi connectivity index (χ4v) is 11.8. The fraction of sp³-hybridized carbons (Fsp3) is 0.316. The third-order valence-electron chi connectivity index (χ3n) is 17.2. The maximum atomic E-state index is 2.60. The van der Waals surface area contributed by atoms with E-state index in [1.54, 1.807) is 0 Å². The molecule has 0 N–H and O–H groups in total. The highest BCUT2D eigenvalue weighted by molar-refractivity contribution is 6.96. The van der Waals surface area contributed by atoms with Crippen LogP contribution in [0.5, 0.6) is 0 Å². The Balaban J connectivity index is 1.40. The number of benzene rings is 8. The van der Waals surface area contributed by atoms with Crippen LogP contribution in [0.25, 0.3) is 0 Å². The van der Waals surface area contributed by atoms with E-state index in [2.05, 4.69) is 323 Å². The Morgan fingerprint density at radius 3 is 1.40 bits per heavy atom. The zero-order valence-electron chi connectivity index (χ0n) is 50.5. The lowest BCUT2D eigenvalue weighted by Crippen LogP contribution is -2.56. The zero-order valence-corrected chi connectivity index (χ0v) is 50.5. The molecule has 400 valence electrons. The van der Waals surface area contributed by atoms with E-state index in [9.17, 15) is 0 Å². The van der Waals surface area contributed by atoms with Gasteiger partial charge in [-0.1, -0.05) is 287 Å². The largest absolute Gasteiger partial charge is 0.310 e. The highest BCUT2D eigenvalue weighted by Gasteiger charge is 2.35. The van der Waals surface area contributed by atoms with E-state index in [0.29, 0.717) is 0 Å². The molecule has 0 saturated carbocycles. The van der Waals surface area contributed by atoms with Crippen molar-refractivity contribution in [2.75, 3.05) is 4.90 Å². The van der Waals surface area contributed by atoms with Crippen LogP contribution in [-0.4, -0.2) is 6.71 Å². The lowest BCUT2D eigenvalue weighted by molar-refractivity contribution is 0.590. The summed E-state index contributed by atoms with van der Waals surface area (Å²) in [7, 11) is 0. The molecular weight excluding hydrogens is 938 g/mol. The van der Waals surface area contributed by atoms with Crippen molar-refractivity contribution in [2.45, 2.75) is 158 Å². The van der Waals surface area contributed by atoms with E-state index in [-0.39, 0.29) is 33.8 Å². The number of aryl methyl sites for hydroxylation is 3. The second-order valence-corrected chi connectivity index (χ2v) is 25.9. The van der Waals surface area contributed by atoms with Gasteiger partial charge in [0.05, 0.1) is 0 Å². The van der Waals surface area contributed by atoms with Gasteiger partial charge in [-0.25, -0.2) is 0 Å². The lowest BCUT2D eigenvalue weighted by Gasteiger charge is -2.33. The van der Waals surface area contributed by atoms with Gasteiger partial charge in [0, 0.05) is 33.3 Å². The molecule has 0 radical (unpaired) electrons. The van der Waals surface area contributed by atoms with Gasteiger partial charge in [0.15, 0.2) is 0 Å². The van der Waals surface area contributed by atoms with Crippen LogP contribution in [0.1, 0.15) is 170 Å². The molecule has 0 aliphatic carbocycles. The second kappa shape index (κ2) is 22.8. The van der Waals surface area contributed by atoms with E-state index < -0.39 is 0 Å². The molecule has 0 heterocycles. The Morgan fingerprint density at radius 1 is 0.436 bits per heavy atom. The summed E-state index contributed by atoms with van der Waals surface area (Å²) in [6, 6.07) is 69.6. The quantitative estimate of drug-likeness (QED) is 0.0689. The molecule has 0 aromatic heterocycles. The summed E-state index contributed by atoms with van der Waals surface area (Å²) in [5.74, 6) is 0. The summed E-state index contributed by atoms with van der Waals surface area (Å²) in [4.78, 5) is 2.50. The number of nitrogens with zero attached hydrogens (tertiary/aromatic N) is 1. The second-order valence-electron chi connectivity index (χ2n) is 25.9. The molecule has 0 unspecified atom stereocenters. The van der Waals surface area contributed by atoms with Crippen molar-refractivity contribution in [2.24, 2.45) is 0 Å². The highest BCUT2D eigenvalue weighted by Crippen LogP contribution is 2.40. The van der Waals surface area contributed by atoms with Crippen LogP contribution in [0.15, 0.2) is 206 Å². The molecule has 8 aromatic rings. The molecule has 0 bridgehead atoms. The van der Waals surface area contributed by atoms with E-state index in [1.807, 2.05) is 0 Å². The average molecular weight is 1030 g/mol. The van der Waals surface area contributed by atoms with Gasteiger partial charge < -0.3 is 4.90 Å². The summed E-state index contributed by atoms with van der Waals surface area (Å²) in [5.41, 5.74) is 23.9. The summed E-state index contributed by atoms with van der Waals surface area (Å²) < 4.78 is 0. The van der Waals surface area contributed by atoms with Gasteiger partial charge in [-0.15, -0.1) is 0 Å². The molecule has 1 nitrogen and oxygen atoms in total. The normalized spacial score (nSPS) is 12.8. The minimum Gasteiger partial charge on any atom is -0.310 e. The topological polar surface area (TPSA) is 3.24 Å². The molecule has 0 spiro atoms. The van der Waals surface area contributed by atoms with Crippen molar-refractivity contribution in [3.63, 3.8) is 0 Å². The molecule has 0 fully saturated rings. The Labute approximate surface area is 472 Å². The SMILES string of the molecule is C/C=C(\C=C/CC)C(C)(C)c1ccc(Cc2ccc(C(C)(C)c3ccccc3)cc2)c(B(c2cc(C(C)(C)c3ccccc3)ccc2C)c2c(C)cc(N(c3cccc(C(C)(C)C)c3)c3cccc(C(C)(C)C)c3)cc2C)c1. The molecular formula is C76H88BN. The summed E-state index contributed by atoms with van der Waals surface area (Å²) in [6.45, 7) is 39.5. The maximum absolute atomic E-state index is 2.60. The predicted octanol–water partition coefficient (Wildman–Crippen LogP) is 18.6.